The van der Waals surface area contributed by atoms with E-state index in [0.717, 1.165) is 6.26 Å². The lowest BCUT2D eigenvalue weighted by atomic mass is 10.3. The van der Waals surface area contributed by atoms with Crippen molar-refractivity contribution in [3.63, 3.8) is 0 Å². The number of nitrogens with one attached hydrogen (secondary N) is 2. The summed E-state index contributed by atoms with van der Waals surface area (Å²) in [5.74, 6) is -1.43. The van der Waals surface area contributed by atoms with Gasteiger partial charge in [-0.2, -0.15) is 4.98 Å². The van der Waals surface area contributed by atoms with Gasteiger partial charge in [-0.1, -0.05) is 0 Å². The van der Waals surface area contributed by atoms with Crippen LogP contribution in [-0.4, -0.2) is 35.1 Å². The number of carboxylic acids is 1. The lowest BCUT2D eigenvalue weighted by molar-refractivity contribution is -0.121. The van der Waals surface area contributed by atoms with Gasteiger partial charge in [-0.15, -0.1) is 0 Å². The standard InChI is InChI=1S/C8H11N3O4/c1-4(6(12)9-2)10-8-11-5(3-15-8)7(13)14/h3-4H,1-2H3,(H,9,12)(H,10,11)(H,13,14). The summed E-state index contributed by atoms with van der Waals surface area (Å²) in [6.07, 6.45) is 1.00. The fourth-order valence-corrected chi connectivity index (χ4v) is 0.906. The molecule has 82 valence electrons. The number of oxazole rings is 1. The van der Waals surface area contributed by atoms with Crippen LogP contribution in [0.2, 0.25) is 0 Å². The molecule has 3 N–H and O–H groups in total. The maximum Gasteiger partial charge on any atom is 0.357 e. The first-order valence-corrected chi connectivity index (χ1v) is 4.21. The predicted molar refractivity (Wildman–Crippen MR) is 50.6 cm³/mol. The maximum atomic E-state index is 11.1. The molecule has 0 aliphatic carbocycles. The topological polar surface area (TPSA) is 104 Å². The van der Waals surface area contributed by atoms with Crippen LogP contribution in [0.15, 0.2) is 10.7 Å². The minimum atomic E-state index is -1.18. The van der Waals surface area contributed by atoms with Gasteiger partial charge >= 0.3 is 5.97 Å². The number of hydrogen-bond acceptors (Lipinski definition) is 5. The fourth-order valence-electron chi connectivity index (χ4n) is 0.906. The molecular formula is C8H11N3O4. The molecule has 0 bridgehead atoms. The Balaban J connectivity index is 2.65. The van der Waals surface area contributed by atoms with Crippen LogP contribution >= 0.6 is 0 Å². The van der Waals surface area contributed by atoms with E-state index in [1.807, 2.05) is 0 Å². The maximum absolute atomic E-state index is 11.1. The summed E-state index contributed by atoms with van der Waals surface area (Å²) in [4.78, 5) is 25.2. The number of carbonyl (C=O) groups excluding carboxylic acids is 1. The summed E-state index contributed by atoms with van der Waals surface area (Å²) in [5.41, 5.74) is -0.207. The summed E-state index contributed by atoms with van der Waals surface area (Å²) in [5, 5.41) is 13.6. The van der Waals surface area contributed by atoms with E-state index in [-0.39, 0.29) is 17.6 Å². The average molecular weight is 213 g/mol. The zero-order chi connectivity index (χ0) is 11.4. The van der Waals surface area contributed by atoms with Gasteiger partial charge in [-0.3, -0.25) is 4.79 Å². The predicted octanol–water partition coefficient (Wildman–Crippen LogP) is -0.0808. The van der Waals surface area contributed by atoms with Crippen molar-refractivity contribution in [2.45, 2.75) is 13.0 Å². The summed E-state index contributed by atoms with van der Waals surface area (Å²) >= 11 is 0. The highest BCUT2D eigenvalue weighted by molar-refractivity contribution is 5.86. The van der Waals surface area contributed by atoms with Gasteiger partial charge in [0, 0.05) is 7.05 Å². The lowest BCUT2D eigenvalue weighted by Gasteiger charge is -2.09. The van der Waals surface area contributed by atoms with E-state index in [2.05, 4.69) is 15.6 Å². The van der Waals surface area contributed by atoms with E-state index in [1.165, 1.54) is 7.05 Å². The van der Waals surface area contributed by atoms with Crippen molar-refractivity contribution >= 4 is 17.9 Å². The van der Waals surface area contributed by atoms with Gasteiger partial charge in [0.25, 0.3) is 6.01 Å². The SMILES string of the molecule is CNC(=O)C(C)Nc1nc(C(=O)O)co1. The number of anilines is 1. The molecule has 7 heteroatoms. The number of nitrogens with zero attached hydrogens (tertiary/aromatic N) is 1. The molecule has 1 aromatic rings. The number of aromatic carboxylic acids is 1. The average Bonchev–Trinajstić information content (AvgIpc) is 2.65. The Labute approximate surface area is 85.5 Å². The first-order chi connectivity index (χ1) is 7.04. The Morgan fingerprint density at radius 2 is 2.27 bits per heavy atom. The fraction of sp³-hybridized carbons (Fsp3) is 0.375. The zero-order valence-electron chi connectivity index (χ0n) is 8.27. The molecule has 1 rings (SSSR count). The summed E-state index contributed by atoms with van der Waals surface area (Å²) in [6.45, 7) is 1.60. The number of carbonyl (C=O) groups is 2. The van der Waals surface area contributed by atoms with Crippen molar-refractivity contribution in [2.75, 3.05) is 12.4 Å². The van der Waals surface area contributed by atoms with Gasteiger partial charge < -0.3 is 20.2 Å². The molecule has 1 unspecified atom stereocenters. The van der Waals surface area contributed by atoms with Gasteiger partial charge in [0.1, 0.15) is 12.3 Å². The van der Waals surface area contributed by atoms with E-state index in [1.54, 1.807) is 6.92 Å². The molecule has 0 fully saturated rings. The van der Waals surface area contributed by atoms with Crippen molar-refractivity contribution < 1.29 is 19.1 Å². The quantitative estimate of drug-likeness (QED) is 0.646. The molecule has 15 heavy (non-hydrogen) atoms. The lowest BCUT2D eigenvalue weighted by Crippen LogP contribution is -2.35. The van der Waals surface area contributed by atoms with E-state index >= 15 is 0 Å². The normalized spacial score (nSPS) is 11.9. The smallest absolute Gasteiger partial charge is 0.357 e. The van der Waals surface area contributed by atoms with Crippen molar-refractivity contribution in [2.24, 2.45) is 0 Å². The minimum Gasteiger partial charge on any atom is -0.476 e. The van der Waals surface area contributed by atoms with Gasteiger partial charge in [-0.05, 0) is 6.92 Å². The van der Waals surface area contributed by atoms with Gasteiger partial charge in [0.15, 0.2) is 5.69 Å². The van der Waals surface area contributed by atoms with Crippen LogP contribution in [0.3, 0.4) is 0 Å². The second kappa shape index (κ2) is 4.45. The first kappa shape index (κ1) is 11.0. The van der Waals surface area contributed by atoms with E-state index in [0.29, 0.717) is 0 Å². The molecular weight excluding hydrogens is 202 g/mol. The third kappa shape index (κ3) is 2.70. The monoisotopic (exact) mass is 213 g/mol. The molecule has 1 aromatic heterocycles. The minimum absolute atomic E-state index is 0.00324. The largest absolute Gasteiger partial charge is 0.476 e. The molecule has 0 spiro atoms. The summed E-state index contributed by atoms with van der Waals surface area (Å²) in [7, 11) is 1.50. The molecule has 0 aromatic carbocycles. The Kier molecular flexibility index (Phi) is 3.27. The van der Waals surface area contributed by atoms with Crippen LogP contribution in [0, 0.1) is 0 Å². The number of rotatable bonds is 4. The van der Waals surface area contributed by atoms with Gasteiger partial charge in [0.05, 0.1) is 0 Å². The number of amides is 1. The number of aromatic nitrogens is 1. The Hall–Kier alpha value is -2.05. The Morgan fingerprint density at radius 1 is 1.60 bits per heavy atom. The molecule has 1 amide bonds. The van der Waals surface area contributed by atoms with Crippen LogP contribution in [0.1, 0.15) is 17.4 Å². The number of carboxylic acid groups (broad SMARTS) is 1. The third-order valence-corrected chi connectivity index (χ3v) is 1.70. The van der Waals surface area contributed by atoms with Crippen molar-refractivity contribution in [1.29, 1.82) is 0 Å². The van der Waals surface area contributed by atoms with E-state index in [4.69, 9.17) is 9.52 Å². The van der Waals surface area contributed by atoms with Crippen LogP contribution in [0.25, 0.3) is 0 Å². The summed E-state index contributed by atoms with van der Waals surface area (Å²) in [6, 6.07) is -0.543. The molecule has 1 atom stereocenters. The highest BCUT2D eigenvalue weighted by atomic mass is 16.4. The van der Waals surface area contributed by atoms with Crippen LogP contribution in [-0.2, 0) is 4.79 Å². The van der Waals surface area contributed by atoms with Crippen molar-refractivity contribution in [3.8, 4) is 0 Å². The first-order valence-electron chi connectivity index (χ1n) is 4.21. The zero-order valence-corrected chi connectivity index (χ0v) is 8.27. The van der Waals surface area contributed by atoms with E-state index in [9.17, 15) is 9.59 Å². The number of hydrogen-bond donors (Lipinski definition) is 3. The van der Waals surface area contributed by atoms with Crippen LogP contribution in [0.5, 0.6) is 0 Å². The third-order valence-electron chi connectivity index (χ3n) is 1.70. The Bertz CT molecular complexity index is 374. The van der Waals surface area contributed by atoms with Crippen LogP contribution < -0.4 is 10.6 Å². The second-order valence-corrected chi connectivity index (χ2v) is 2.82. The van der Waals surface area contributed by atoms with Crippen molar-refractivity contribution in [1.82, 2.24) is 10.3 Å². The molecule has 1 heterocycles. The molecule has 0 radical (unpaired) electrons. The van der Waals surface area contributed by atoms with Crippen LogP contribution in [0.4, 0.5) is 6.01 Å². The Morgan fingerprint density at radius 3 is 2.73 bits per heavy atom. The number of likely N-dealkylation sites (N-methyl/N-ethyl adjacent to an activating group) is 1. The summed E-state index contributed by atoms with van der Waals surface area (Å²) < 4.78 is 4.81. The highest BCUT2D eigenvalue weighted by Gasteiger charge is 2.15. The second-order valence-electron chi connectivity index (χ2n) is 2.82. The molecule has 7 nitrogen and oxygen atoms in total. The van der Waals surface area contributed by atoms with Gasteiger partial charge in [-0.25, -0.2) is 4.79 Å². The van der Waals surface area contributed by atoms with E-state index < -0.39 is 12.0 Å². The molecule has 0 aliphatic rings. The highest BCUT2D eigenvalue weighted by Crippen LogP contribution is 2.08. The molecule has 0 aliphatic heterocycles. The molecule has 0 saturated carbocycles. The molecule has 0 saturated heterocycles. The van der Waals surface area contributed by atoms with Crippen molar-refractivity contribution in [3.05, 3.63) is 12.0 Å². The van der Waals surface area contributed by atoms with Gasteiger partial charge in [0.2, 0.25) is 5.91 Å².